The molecule has 6 nitrogen and oxygen atoms in total. The highest BCUT2D eigenvalue weighted by Crippen LogP contribution is 2.39. The van der Waals surface area contributed by atoms with Gasteiger partial charge in [0.1, 0.15) is 11.6 Å². The van der Waals surface area contributed by atoms with Crippen molar-refractivity contribution in [1.82, 2.24) is 14.7 Å². The maximum atomic E-state index is 12.3. The lowest BCUT2D eigenvalue weighted by Gasteiger charge is -2.31. The van der Waals surface area contributed by atoms with Crippen LogP contribution in [0.3, 0.4) is 0 Å². The first-order chi connectivity index (χ1) is 12.1. The number of hydrogen-bond donors (Lipinski definition) is 1. The third kappa shape index (κ3) is 3.14. The average Bonchev–Trinajstić information content (AvgIpc) is 3.24. The van der Waals surface area contributed by atoms with Gasteiger partial charge in [-0.05, 0) is 58.1 Å². The van der Waals surface area contributed by atoms with Gasteiger partial charge in [-0.25, -0.2) is 4.68 Å². The second-order valence-corrected chi connectivity index (χ2v) is 7.14. The number of allylic oxidation sites excluding steroid dienone is 1. The molecule has 1 unspecified atom stereocenters. The number of piperidine rings is 1. The topological polar surface area (TPSA) is 63.3 Å². The van der Waals surface area contributed by atoms with Gasteiger partial charge >= 0.3 is 0 Å². The first kappa shape index (κ1) is 16.1. The number of nitrogens with one attached hydrogen (secondary N) is 1. The van der Waals surface area contributed by atoms with Crippen LogP contribution in [0, 0.1) is 0 Å². The van der Waals surface area contributed by atoms with Crippen LogP contribution in [0.1, 0.15) is 49.5 Å². The Morgan fingerprint density at radius 1 is 1.40 bits per heavy atom. The van der Waals surface area contributed by atoms with Crippen molar-refractivity contribution in [3.05, 3.63) is 41.5 Å². The van der Waals surface area contributed by atoms with E-state index in [9.17, 15) is 4.79 Å². The summed E-state index contributed by atoms with van der Waals surface area (Å²) in [6.45, 7) is 4.19. The lowest BCUT2D eigenvalue weighted by atomic mass is 9.87. The van der Waals surface area contributed by atoms with Gasteiger partial charge in [0.05, 0.1) is 18.5 Å². The van der Waals surface area contributed by atoms with Crippen LogP contribution in [0.2, 0.25) is 0 Å². The van der Waals surface area contributed by atoms with Crippen LogP contribution in [-0.4, -0.2) is 40.7 Å². The van der Waals surface area contributed by atoms with Gasteiger partial charge in [-0.2, -0.15) is 5.10 Å². The van der Waals surface area contributed by atoms with E-state index >= 15 is 0 Å². The van der Waals surface area contributed by atoms with Gasteiger partial charge in [0.25, 0.3) is 0 Å². The first-order valence-corrected chi connectivity index (χ1v) is 8.89. The Balaban J connectivity index is 1.64. The van der Waals surface area contributed by atoms with Crippen molar-refractivity contribution in [2.75, 3.05) is 25.5 Å². The molecule has 1 amide bonds. The number of aromatic nitrogens is 2. The van der Waals surface area contributed by atoms with Gasteiger partial charge < -0.3 is 14.6 Å². The summed E-state index contributed by atoms with van der Waals surface area (Å²) in [5, 5.41) is 7.70. The molecular weight excluding hydrogens is 316 g/mol. The fourth-order valence-corrected chi connectivity index (χ4v) is 3.86. The molecule has 0 aliphatic carbocycles. The molecule has 1 atom stereocenters. The lowest BCUT2D eigenvalue weighted by molar-refractivity contribution is -0.116. The van der Waals surface area contributed by atoms with E-state index in [0.717, 1.165) is 48.6 Å². The van der Waals surface area contributed by atoms with Gasteiger partial charge in [-0.1, -0.05) is 5.57 Å². The fourth-order valence-electron chi connectivity index (χ4n) is 3.86. The number of fused-ring (bicyclic) bond motifs is 1. The Bertz CT molecular complexity index is 782. The minimum absolute atomic E-state index is 0.0499. The van der Waals surface area contributed by atoms with Gasteiger partial charge in [0.2, 0.25) is 5.91 Å². The maximum Gasteiger partial charge on any atom is 0.226 e. The summed E-state index contributed by atoms with van der Waals surface area (Å²) >= 11 is 0. The molecular formula is C19H24N4O2. The summed E-state index contributed by atoms with van der Waals surface area (Å²) < 4.78 is 7.45. The highest BCUT2D eigenvalue weighted by molar-refractivity contribution is 5.94. The number of rotatable bonds is 3. The van der Waals surface area contributed by atoms with Crippen LogP contribution in [0.5, 0.6) is 0 Å². The minimum atomic E-state index is 0.0499. The van der Waals surface area contributed by atoms with Crippen molar-refractivity contribution < 1.29 is 9.21 Å². The number of carbonyl (C=O) groups excluding carboxylic acids is 1. The maximum absolute atomic E-state index is 12.3. The summed E-state index contributed by atoms with van der Waals surface area (Å²) in [7, 11) is 2.15. The Hall–Kier alpha value is -2.34. The van der Waals surface area contributed by atoms with Crippen LogP contribution in [0.25, 0.3) is 6.08 Å². The molecule has 2 aromatic rings. The van der Waals surface area contributed by atoms with Crippen molar-refractivity contribution in [1.29, 1.82) is 0 Å². The van der Waals surface area contributed by atoms with E-state index in [2.05, 4.69) is 29.3 Å². The molecule has 4 rings (SSSR count). The zero-order valence-corrected chi connectivity index (χ0v) is 14.7. The summed E-state index contributed by atoms with van der Waals surface area (Å²) in [5.41, 5.74) is 2.23. The molecule has 2 aromatic heterocycles. The van der Waals surface area contributed by atoms with Gasteiger partial charge in [0, 0.05) is 17.9 Å². The normalized spacial score (nSPS) is 22.7. The summed E-state index contributed by atoms with van der Waals surface area (Å²) in [6, 6.07) is 4.15. The number of likely N-dealkylation sites (tertiary alicyclic amines) is 1. The van der Waals surface area contributed by atoms with E-state index < -0.39 is 0 Å². The van der Waals surface area contributed by atoms with E-state index in [1.54, 1.807) is 6.26 Å². The smallest absolute Gasteiger partial charge is 0.226 e. The first-order valence-electron chi connectivity index (χ1n) is 8.89. The van der Waals surface area contributed by atoms with Gasteiger partial charge in [-0.3, -0.25) is 4.79 Å². The third-order valence-electron chi connectivity index (χ3n) is 5.34. The number of amides is 1. The highest BCUT2D eigenvalue weighted by Gasteiger charge is 2.32. The predicted octanol–water partition coefficient (Wildman–Crippen LogP) is 3.27. The van der Waals surface area contributed by atoms with Crippen molar-refractivity contribution in [2.24, 2.45) is 0 Å². The largest absolute Gasteiger partial charge is 0.465 e. The summed E-state index contributed by atoms with van der Waals surface area (Å²) in [6.07, 6.45) is 8.18. The molecule has 2 aliphatic heterocycles. The summed E-state index contributed by atoms with van der Waals surface area (Å²) in [5.74, 6) is 1.80. The molecule has 0 bridgehead atoms. The Morgan fingerprint density at radius 2 is 2.20 bits per heavy atom. The zero-order chi connectivity index (χ0) is 17.4. The summed E-state index contributed by atoms with van der Waals surface area (Å²) in [4.78, 5) is 14.7. The van der Waals surface area contributed by atoms with E-state index in [0.29, 0.717) is 12.5 Å². The molecule has 0 saturated carbocycles. The van der Waals surface area contributed by atoms with Gasteiger partial charge in [0.15, 0.2) is 0 Å². The molecule has 25 heavy (non-hydrogen) atoms. The molecule has 1 fully saturated rings. The average molecular weight is 340 g/mol. The van der Waals surface area contributed by atoms with E-state index in [4.69, 9.17) is 4.42 Å². The molecule has 6 heteroatoms. The van der Waals surface area contributed by atoms with E-state index in [1.165, 1.54) is 0 Å². The Kier molecular flexibility index (Phi) is 4.21. The van der Waals surface area contributed by atoms with Gasteiger partial charge in [-0.15, -0.1) is 0 Å². The molecule has 0 aromatic carbocycles. The third-order valence-corrected chi connectivity index (χ3v) is 5.34. The van der Waals surface area contributed by atoms with Crippen molar-refractivity contribution >= 4 is 17.8 Å². The second-order valence-electron chi connectivity index (χ2n) is 7.14. The van der Waals surface area contributed by atoms with Crippen molar-refractivity contribution in [3.63, 3.8) is 0 Å². The van der Waals surface area contributed by atoms with Crippen LogP contribution < -0.4 is 5.32 Å². The number of carbonyl (C=O) groups is 1. The van der Waals surface area contributed by atoms with Crippen molar-refractivity contribution in [2.45, 2.75) is 38.1 Å². The Labute approximate surface area is 147 Å². The predicted molar refractivity (Wildman–Crippen MR) is 96.3 cm³/mol. The fraction of sp³-hybridized carbons (Fsp3) is 0.474. The molecule has 1 N–H and O–H groups in total. The number of anilines is 1. The monoisotopic (exact) mass is 340 g/mol. The van der Waals surface area contributed by atoms with Crippen LogP contribution in [0.4, 0.5) is 5.82 Å². The van der Waals surface area contributed by atoms with E-state index in [-0.39, 0.29) is 11.8 Å². The lowest BCUT2D eigenvalue weighted by Crippen LogP contribution is -2.33. The standard InChI is InChI=1S/C19H24N4O2/c1-13(10-15-4-3-9-25-15)16-11-18(24)21-19-17(16)12-20-23(19)14-5-7-22(2)8-6-14/h3-4,9-10,12,14,16H,5-8,11H2,1-2H3,(H,21,24). The molecule has 0 spiro atoms. The Morgan fingerprint density at radius 3 is 2.92 bits per heavy atom. The quantitative estimate of drug-likeness (QED) is 0.931. The zero-order valence-electron chi connectivity index (χ0n) is 14.7. The molecule has 2 aliphatic rings. The van der Waals surface area contributed by atoms with Crippen molar-refractivity contribution in [3.8, 4) is 0 Å². The molecule has 0 radical (unpaired) electrons. The van der Waals surface area contributed by atoms with Crippen LogP contribution in [0.15, 0.2) is 34.6 Å². The van der Waals surface area contributed by atoms with Crippen LogP contribution >= 0.6 is 0 Å². The minimum Gasteiger partial charge on any atom is -0.465 e. The number of hydrogen-bond acceptors (Lipinski definition) is 4. The van der Waals surface area contributed by atoms with E-state index in [1.807, 2.05) is 29.1 Å². The number of nitrogens with zero attached hydrogens (tertiary/aromatic N) is 3. The SMILES string of the molecule is CC(=Cc1ccco1)C1CC(=O)Nc2c1cnn2C1CCN(C)CC1. The highest BCUT2D eigenvalue weighted by atomic mass is 16.3. The molecule has 132 valence electrons. The molecule has 4 heterocycles. The molecule has 1 saturated heterocycles. The van der Waals surface area contributed by atoms with Crippen LogP contribution in [-0.2, 0) is 4.79 Å². The second kappa shape index (κ2) is 6.52. The number of furan rings is 1.